The summed E-state index contributed by atoms with van der Waals surface area (Å²) in [4.78, 5) is 24.7. The van der Waals surface area contributed by atoms with Crippen molar-refractivity contribution >= 4 is 16.7 Å². The third-order valence-electron chi connectivity index (χ3n) is 9.02. The quantitative estimate of drug-likeness (QED) is 0.317. The predicted octanol–water partition coefficient (Wildman–Crippen LogP) is 4.11. The van der Waals surface area contributed by atoms with Gasteiger partial charge >= 0.3 is 0 Å². The molecule has 2 aliphatic heterocycles. The van der Waals surface area contributed by atoms with E-state index >= 15 is 0 Å². The first-order chi connectivity index (χ1) is 21.3. The van der Waals surface area contributed by atoms with E-state index in [1.807, 2.05) is 24.3 Å². The average Bonchev–Trinajstić information content (AvgIpc) is 3.04. The molecule has 1 atom stereocenters. The van der Waals surface area contributed by atoms with Crippen molar-refractivity contribution in [2.75, 3.05) is 50.8 Å². The summed E-state index contributed by atoms with van der Waals surface area (Å²) in [6, 6.07) is 20.5. The Bertz CT molecular complexity index is 1680. The van der Waals surface area contributed by atoms with Crippen LogP contribution in [0, 0.1) is 23.0 Å². The van der Waals surface area contributed by atoms with Crippen LogP contribution < -0.4 is 10.5 Å². The van der Waals surface area contributed by atoms with E-state index in [2.05, 4.69) is 32.7 Å². The molecule has 44 heavy (non-hydrogen) atoms. The van der Waals surface area contributed by atoms with Gasteiger partial charge in [-0.15, -0.1) is 0 Å². The third kappa shape index (κ3) is 5.95. The zero-order valence-electron chi connectivity index (χ0n) is 25.0. The van der Waals surface area contributed by atoms with Crippen LogP contribution in [0.3, 0.4) is 0 Å². The van der Waals surface area contributed by atoms with Crippen LogP contribution in [-0.2, 0) is 24.6 Å². The van der Waals surface area contributed by atoms with Crippen molar-refractivity contribution in [1.29, 1.82) is 5.26 Å². The maximum Gasteiger partial charge on any atom is 0.252 e. The normalized spacial score (nSPS) is 18.4. The lowest BCUT2D eigenvalue weighted by Crippen LogP contribution is -2.69. The van der Waals surface area contributed by atoms with Crippen LogP contribution in [0.1, 0.15) is 23.7 Å². The summed E-state index contributed by atoms with van der Waals surface area (Å²) >= 11 is 0. The minimum absolute atomic E-state index is 0.0400. The van der Waals surface area contributed by atoms with Crippen LogP contribution in [0.15, 0.2) is 71.5 Å². The molecule has 0 bridgehead atoms. The molecule has 8 nitrogen and oxygen atoms in total. The lowest BCUT2D eigenvalue weighted by atomic mass is 9.87. The van der Waals surface area contributed by atoms with E-state index in [1.165, 1.54) is 24.3 Å². The molecule has 4 heterocycles. The molecule has 10 heteroatoms. The standard InChI is InChI=1S/C34H36F2N6O2/c1-24-23-42(17-18-44-24)34(20-25-3-7-27(35)8-4-25,21-26-5-9-28(36)10-6-26)41-15-13-40(14-16-41)31-19-32(43)39(2)30-12-11-29(22-37)38-33(30)31/h3-12,19,24H,13-18,20-21,23H2,1-2H3. The van der Waals surface area contributed by atoms with E-state index in [0.717, 1.165) is 29.9 Å². The molecule has 6 rings (SSSR count). The Morgan fingerprint density at radius 3 is 2.09 bits per heavy atom. The summed E-state index contributed by atoms with van der Waals surface area (Å²) in [5.74, 6) is -0.554. The minimum atomic E-state index is -0.499. The molecule has 0 spiro atoms. The average molecular weight is 599 g/mol. The molecule has 0 aliphatic carbocycles. The van der Waals surface area contributed by atoms with Crippen LogP contribution in [0.25, 0.3) is 11.0 Å². The first-order valence-corrected chi connectivity index (χ1v) is 15.0. The molecule has 2 aliphatic rings. The van der Waals surface area contributed by atoms with Gasteiger partial charge in [0.05, 0.1) is 29.6 Å². The summed E-state index contributed by atoms with van der Waals surface area (Å²) in [6.45, 7) is 6.77. The van der Waals surface area contributed by atoms with Crippen LogP contribution >= 0.6 is 0 Å². The number of nitrogens with zero attached hydrogens (tertiary/aromatic N) is 6. The Morgan fingerprint density at radius 2 is 1.52 bits per heavy atom. The fraction of sp³-hybridized carbons (Fsp3) is 0.382. The van der Waals surface area contributed by atoms with Crippen molar-refractivity contribution in [1.82, 2.24) is 19.4 Å². The number of hydrogen-bond donors (Lipinski definition) is 0. The van der Waals surface area contributed by atoms with E-state index in [4.69, 9.17) is 4.74 Å². The molecule has 2 aromatic carbocycles. The number of morpholine rings is 1. The molecule has 2 fully saturated rings. The molecule has 0 N–H and O–H groups in total. The molecule has 2 aromatic heterocycles. The number of fused-ring (bicyclic) bond motifs is 1. The minimum Gasteiger partial charge on any atom is -0.376 e. The maximum absolute atomic E-state index is 14.0. The number of piperazine rings is 1. The fourth-order valence-corrected chi connectivity index (χ4v) is 6.74. The molecule has 0 amide bonds. The Morgan fingerprint density at radius 1 is 0.909 bits per heavy atom. The number of benzene rings is 2. The second-order valence-corrected chi connectivity index (χ2v) is 11.8. The summed E-state index contributed by atoms with van der Waals surface area (Å²) in [5, 5.41) is 9.51. The molecule has 0 radical (unpaired) electrons. The molecule has 0 saturated carbocycles. The second-order valence-electron chi connectivity index (χ2n) is 11.8. The van der Waals surface area contributed by atoms with Crippen LogP contribution in [0.2, 0.25) is 0 Å². The number of aryl methyl sites for hydroxylation is 1. The Labute approximate surface area is 255 Å². The predicted molar refractivity (Wildman–Crippen MR) is 165 cm³/mol. The zero-order chi connectivity index (χ0) is 30.8. The fourth-order valence-electron chi connectivity index (χ4n) is 6.74. The van der Waals surface area contributed by atoms with E-state index in [9.17, 15) is 18.8 Å². The Kier molecular flexibility index (Phi) is 8.45. The van der Waals surface area contributed by atoms with Gasteiger partial charge in [-0.2, -0.15) is 5.26 Å². The van der Waals surface area contributed by atoms with E-state index in [0.29, 0.717) is 62.4 Å². The van der Waals surface area contributed by atoms with Crippen molar-refractivity contribution in [3.63, 3.8) is 0 Å². The molecular formula is C34H36F2N6O2. The number of rotatable bonds is 7. The number of aromatic nitrogens is 2. The highest BCUT2D eigenvalue weighted by Crippen LogP contribution is 2.34. The van der Waals surface area contributed by atoms with E-state index < -0.39 is 5.66 Å². The highest BCUT2D eigenvalue weighted by molar-refractivity contribution is 5.88. The van der Waals surface area contributed by atoms with Gasteiger partial charge in [0, 0.05) is 65.2 Å². The first kappa shape index (κ1) is 29.9. The molecule has 1 unspecified atom stereocenters. The number of nitriles is 1. The number of ether oxygens (including phenoxy) is 1. The zero-order valence-corrected chi connectivity index (χ0v) is 25.0. The van der Waals surface area contributed by atoms with Crippen molar-refractivity contribution in [3.8, 4) is 6.07 Å². The number of hydrogen-bond acceptors (Lipinski definition) is 7. The highest BCUT2D eigenvalue weighted by atomic mass is 19.1. The molecule has 228 valence electrons. The SMILES string of the molecule is CC1CN(C(Cc2ccc(F)cc2)(Cc2ccc(F)cc2)N2CCN(c3cc(=O)n(C)c4ccc(C#N)nc34)CC2)CCO1. The van der Waals surface area contributed by atoms with Gasteiger partial charge in [-0.3, -0.25) is 14.6 Å². The molecular weight excluding hydrogens is 562 g/mol. The van der Waals surface area contributed by atoms with Gasteiger partial charge in [0.15, 0.2) is 0 Å². The van der Waals surface area contributed by atoms with Gasteiger partial charge in [-0.25, -0.2) is 13.8 Å². The van der Waals surface area contributed by atoms with E-state index in [-0.39, 0.29) is 23.3 Å². The van der Waals surface area contributed by atoms with Gasteiger partial charge < -0.3 is 14.2 Å². The lowest BCUT2D eigenvalue weighted by Gasteiger charge is -2.55. The number of halogens is 2. The Balaban J connectivity index is 1.38. The number of pyridine rings is 2. The monoisotopic (exact) mass is 598 g/mol. The van der Waals surface area contributed by atoms with Gasteiger partial charge in [0.1, 0.15) is 28.9 Å². The van der Waals surface area contributed by atoms with Gasteiger partial charge in [-0.05, 0) is 54.4 Å². The second kappa shape index (κ2) is 12.4. The summed E-state index contributed by atoms with van der Waals surface area (Å²) in [5.41, 5.74) is 3.73. The third-order valence-corrected chi connectivity index (χ3v) is 9.02. The van der Waals surface area contributed by atoms with Gasteiger partial charge in [0.25, 0.3) is 5.56 Å². The van der Waals surface area contributed by atoms with Crippen molar-refractivity contribution in [2.24, 2.45) is 7.05 Å². The highest BCUT2D eigenvalue weighted by Gasteiger charge is 2.45. The first-order valence-electron chi connectivity index (χ1n) is 15.0. The number of anilines is 1. The van der Waals surface area contributed by atoms with Crippen LogP contribution in [0.4, 0.5) is 14.5 Å². The van der Waals surface area contributed by atoms with Crippen molar-refractivity contribution in [3.05, 3.63) is 106 Å². The van der Waals surface area contributed by atoms with E-state index in [1.54, 1.807) is 29.8 Å². The van der Waals surface area contributed by atoms with Crippen molar-refractivity contribution < 1.29 is 13.5 Å². The Hall–Kier alpha value is -4.17. The maximum atomic E-state index is 14.0. The summed E-state index contributed by atoms with van der Waals surface area (Å²) in [7, 11) is 1.71. The smallest absolute Gasteiger partial charge is 0.252 e. The molecule has 4 aromatic rings. The van der Waals surface area contributed by atoms with Gasteiger partial charge in [-0.1, -0.05) is 24.3 Å². The topological polar surface area (TPSA) is 77.6 Å². The summed E-state index contributed by atoms with van der Waals surface area (Å²) in [6.07, 6.45) is 1.32. The van der Waals surface area contributed by atoms with Gasteiger partial charge in [0.2, 0.25) is 0 Å². The van der Waals surface area contributed by atoms with Crippen LogP contribution in [0.5, 0.6) is 0 Å². The summed E-state index contributed by atoms with van der Waals surface area (Å²) < 4.78 is 35.4. The lowest BCUT2D eigenvalue weighted by molar-refractivity contribution is -0.124. The largest absolute Gasteiger partial charge is 0.376 e. The van der Waals surface area contributed by atoms with Crippen molar-refractivity contribution in [2.45, 2.75) is 31.5 Å². The molecule has 2 saturated heterocycles. The van der Waals surface area contributed by atoms with Crippen LogP contribution in [-0.4, -0.2) is 77.0 Å².